The Labute approximate surface area is 181 Å². The van der Waals surface area contributed by atoms with Crippen molar-refractivity contribution in [1.82, 2.24) is 23.9 Å². The SMILES string of the molecule is CC1CC(c2cccc(-n3ccc4c(C5CC5)cn(C)c4c3=O)c2)(c2nncn2C)C1. The van der Waals surface area contributed by atoms with Crippen molar-refractivity contribution in [3.8, 4) is 5.69 Å². The molecule has 0 spiro atoms. The summed E-state index contributed by atoms with van der Waals surface area (Å²) in [6.45, 7) is 2.28. The average Bonchev–Trinajstić information content (AvgIpc) is 3.40. The van der Waals surface area contributed by atoms with Crippen LogP contribution < -0.4 is 5.56 Å². The number of pyridine rings is 1. The summed E-state index contributed by atoms with van der Waals surface area (Å²) in [5, 5.41) is 9.70. The van der Waals surface area contributed by atoms with E-state index in [0.717, 1.165) is 35.3 Å². The van der Waals surface area contributed by atoms with Crippen LogP contribution in [0.3, 0.4) is 0 Å². The van der Waals surface area contributed by atoms with E-state index in [0.29, 0.717) is 11.8 Å². The highest BCUT2D eigenvalue weighted by Gasteiger charge is 2.48. The quantitative estimate of drug-likeness (QED) is 0.507. The Hall–Kier alpha value is -3.15. The zero-order valence-corrected chi connectivity index (χ0v) is 18.2. The summed E-state index contributed by atoms with van der Waals surface area (Å²) in [6.07, 6.45) is 10.4. The lowest BCUT2D eigenvalue weighted by Gasteiger charge is -2.46. The average molecular weight is 414 g/mol. The molecule has 0 unspecified atom stereocenters. The van der Waals surface area contributed by atoms with Crippen LogP contribution in [-0.2, 0) is 19.5 Å². The fraction of sp³-hybridized carbons (Fsp3) is 0.400. The number of fused-ring (bicyclic) bond motifs is 1. The molecule has 6 rings (SSSR count). The van der Waals surface area contributed by atoms with Crippen LogP contribution in [0.5, 0.6) is 0 Å². The summed E-state index contributed by atoms with van der Waals surface area (Å²) in [4.78, 5) is 13.5. The molecular formula is C25H27N5O. The summed E-state index contributed by atoms with van der Waals surface area (Å²) in [7, 11) is 3.99. The second-order valence-corrected chi connectivity index (χ2v) is 9.63. The lowest BCUT2D eigenvalue weighted by molar-refractivity contribution is 0.185. The van der Waals surface area contributed by atoms with E-state index in [-0.39, 0.29) is 11.0 Å². The number of benzene rings is 1. The lowest BCUT2D eigenvalue weighted by Crippen LogP contribution is -2.43. The van der Waals surface area contributed by atoms with Crippen molar-refractivity contribution in [1.29, 1.82) is 0 Å². The van der Waals surface area contributed by atoms with E-state index in [2.05, 4.69) is 47.6 Å². The highest BCUT2D eigenvalue weighted by atomic mass is 16.1. The Balaban J connectivity index is 1.49. The summed E-state index contributed by atoms with van der Waals surface area (Å²) in [6, 6.07) is 10.5. The van der Waals surface area contributed by atoms with Gasteiger partial charge in [0.2, 0.25) is 0 Å². The largest absolute Gasteiger partial charge is 0.346 e. The molecule has 3 aromatic heterocycles. The zero-order chi connectivity index (χ0) is 21.3. The molecule has 1 aromatic carbocycles. The summed E-state index contributed by atoms with van der Waals surface area (Å²) < 4.78 is 5.81. The van der Waals surface area contributed by atoms with Crippen molar-refractivity contribution >= 4 is 10.9 Å². The molecule has 0 radical (unpaired) electrons. The van der Waals surface area contributed by atoms with E-state index in [1.54, 1.807) is 10.9 Å². The predicted octanol–water partition coefficient (Wildman–Crippen LogP) is 4.05. The van der Waals surface area contributed by atoms with Crippen molar-refractivity contribution in [2.24, 2.45) is 20.0 Å². The van der Waals surface area contributed by atoms with Crippen molar-refractivity contribution in [2.75, 3.05) is 0 Å². The van der Waals surface area contributed by atoms with Crippen LogP contribution in [0.25, 0.3) is 16.6 Å². The van der Waals surface area contributed by atoms with E-state index in [1.165, 1.54) is 24.0 Å². The molecule has 3 heterocycles. The molecule has 0 amide bonds. The monoisotopic (exact) mass is 413 g/mol. The van der Waals surface area contributed by atoms with E-state index in [1.807, 2.05) is 35.5 Å². The third-order valence-electron chi connectivity index (χ3n) is 7.29. The van der Waals surface area contributed by atoms with Crippen molar-refractivity contribution < 1.29 is 0 Å². The van der Waals surface area contributed by atoms with Crippen LogP contribution in [0.15, 0.2) is 53.8 Å². The minimum Gasteiger partial charge on any atom is -0.346 e. The molecule has 0 saturated heterocycles. The molecule has 0 atom stereocenters. The number of aryl methyl sites for hydroxylation is 2. The first-order chi connectivity index (χ1) is 15.0. The van der Waals surface area contributed by atoms with E-state index < -0.39 is 0 Å². The number of aromatic nitrogens is 5. The Morgan fingerprint density at radius 2 is 1.90 bits per heavy atom. The maximum atomic E-state index is 13.5. The standard InChI is InChI=1S/C25H27N5O/c1-16-12-25(13-16,24-27-26-15-29(24)3)18-5-4-6-19(11-18)30-10-9-20-21(17-7-8-17)14-28(2)22(20)23(30)31/h4-6,9-11,14-17H,7-8,12-13H2,1-3H3. The molecule has 2 aliphatic rings. The minimum absolute atomic E-state index is 0.0405. The topological polar surface area (TPSA) is 57.6 Å². The first-order valence-corrected chi connectivity index (χ1v) is 11.1. The van der Waals surface area contributed by atoms with Gasteiger partial charge in [-0.05, 0) is 66.8 Å². The van der Waals surface area contributed by atoms with Crippen LogP contribution in [-0.4, -0.2) is 23.9 Å². The molecule has 2 fully saturated rings. The van der Waals surface area contributed by atoms with E-state index in [4.69, 9.17) is 0 Å². The van der Waals surface area contributed by atoms with Crippen LogP contribution in [0.1, 0.15) is 55.5 Å². The van der Waals surface area contributed by atoms with E-state index >= 15 is 0 Å². The first kappa shape index (κ1) is 18.6. The third-order valence-corrected chi connectivity index (χ3v) is 7.29. The van der Waals surface area contributed by atoms with Gasteiger partial charge >= 0.3 is 0 Å². The van der Waals surface area contributed by atoms with Gasteiger partial charge in [0.25, 0.3) is 5.56 Å². The second-order valence-electron chi connectivity index (χ2n) is 9.63. The van der Waals surface area contributed by atoms with Crippen LogP contribution >= 0.6 is 0 Å². The number of nitrogens with zero attached hydrogens (tertiary/aromatic N) is 5. The zero-order valence-electron chi connectivity index (χ0n) is 18.2. The molecule has 2 saturated carbocycles. The number of hydrogen-bond acceptors (Lipinski definition) is 3. The Kier molecular flexibility index (Phi) is 3.86. The highest BCUT2D eigenvalue weighted by Crippen LogP contribution is 2.51. The molecule has 2 aliphatic carbocycles. The molecule has 0 bridgehead atoms. The second kappa shape index (κ2) is 6.42. The smallest absolute Gasteiger partial charge is 0.279 e. The van der Waals surface area contributed by atoms with Gasteiger partial charge in [-0.25, -0.2) is 0 Å². The minimum atomic E-state index is -0.140. The maximum absolute atomic E-state index is 13.5. The Morgan fingerprint density at radius 1 is 1.10 bits per heavy atom. The first-order valence-electron chi connectivity index (χ1n) is 11.1. The lowest BCUT2D eigenvalue weighted by atomic mass is 9.58. The van der Waals surface area contributed by atoms with Crippen molar-refractivity contribution in [3.63, 3.8) is 0 Å². The number of hydrogen-bond donors (Lipinski definition) is 0. The van der Waals surface area contributed by atoms with Gasteiger partial charge in [0.15, 0.2) is 0 Å². The van der Waals surface area contributed by atoms with Gasteiger partial charge in [-0.3, -0.25) is 9.36 Å². The fourth-order valence-corrected chi connectivity index (χ4v) is 5.71. The summed E-state index contributed by atoms with van der Waals surface area (Å²) >= 11 is 0. The molecule has 158 valence electrons. The van der Waals surface area contributed by atoms with Gasteiger partial charge in [-0.1, -0.05) is 19.1 Å². The van der Waals surface area contributed by atoms with Crippen LogP contribution in [0, 0.1) is 5.92 Å². The molecule has 6 nitrogen and oxygen atoms in total. The molecule has 0 N–H and O–H groups in total. The van der Waals surface area contributed by atoms with Crippen molar-refractivity contribution in [3.05, 3.63) is 76.4 Å². The Morgan fingerprint density at radius 3 is 2.58 bits per heavy atom. The predicted molar refractivity (Wildman–Crippen MR) is 121 cm³/mol. The van der Waals surface area contributed by atoms with Gasteiger partial charge in [-0.2, -0.15) is 0 Å². The van der Waals surface area contributed by atoms with E-state index in [9.17, 15) is 4.79 Å². The molecule has 4 aromatic rings. The normalized spacial score (nSPS) is 23.3. The highest BCUT2D eigenvalue weighted by molar-refractivity contribution is 5.84. The number of rotatable bonds is 4. The van der Waals surface area contributed by atoms with Crippen molar-refractivity contribution in [2.45, 2.75) is 43.9 Å². The molecule has 6 heteroatoms. The van der Waals surface area contributed by atoms with Gasteiger partial charge in [0, 0.05) is 37.6 Å². The Bertz CT molecular complexity index is 1360. The molecule has 0 aliphatic heterocycles. The van der Waals surface area contributed by atoms with Gasteiger partial charge in [0.05, 0.1) is 5.41 Å². The van der Waals surface area contributed by atoms with Gasteiger partial charge < -0.3 is 9.13 Å². The molecule has 31 heavy (non-hydrogen) atoms. The van der Waals surface area contributed by atoms with Crippen LogP contribution in [0.4, 0.5) is 0 Å². The fourth-order valence-electron chi connectivity index (χ4n) is 5.71. The van der Waals surface area contributed by atoms with Crippen LogP contribution in [0.2, 0.25) is 0 Å². The third kappa shape index (κ3) is 2.67. The summed E-state index contributed by atoms with van der Waals surface area (Å²) in [5.74, 6) is 2.26. The van der Waals surface area contributed by atoms with Gasteiger partial charge in [-0.15, -0.1) is 10.2 Å². The summed E-state index contributed by atoms with van der Waals surface area (Å²) in [5.41, 5.74) is 4.11. The molecular weight excluding hydrogens is 386 g/mol. The van der Waals surface area contributed by atoms with Gasteiger partial charge in [0.1, 0.15) is 17.7 Å². The maximum Gasteiger partial charge on any atom is 0.279 e.